The Bertz CT molecular complexity index is 1360. The molecule has 1 unspecified atom stereocenters. The average Bonchev–Trinajstić information content (AvgIpc) is 3.38. The van der Waals surface area contributed by atoms with Gasteiger partial charge in [-0.3, -0.25) is 9.59 Å². The first-order valence-corrected chi connectivity index (χ1v) is 30.8. The molecule has 0 fully saturated rings. The van der Waals surface area contributed by atoms with Gasteiger partial charge in [-0.2, -0.15) is 0 Å². The fourth-order valence-corrected chi connectivity index (χ4v) is 8.61. The van der Waals surface area contributed by atoms with E-state index < -0.39 is 6.10 Å². The van der Waals surface area contributed by atoms with E-state index in [9.17, 15) is 9.59 Å². The highest BCUT2D eigenvalue weighted by Gasteiger charge is 2.17. The van der Waals surface area contributed by atoms with E-state index in [1.807, 2.05) is 0 Å². The molecule has 5 nitrogen and oxygen atoms in total. The van der Waals surface area contributed by atoms with Crippen LogP contribution in [0.25, 0.3) is 0 Å². The molecular formula is C67H116O5. The minimum Gasteiger partial charge on any atom is -0.462 e. The third-order valence-corrected chi connectivity index (χ3v) is 13.1. The van der Waals surface area contributed by atoms with Crippen LogP contribution in [0.3, 0.4) is 0 Å². The molecule has 1 atom stereocenters. The summed E-state index contributed by atoms with van der Waals surface area (Å²) in [5.74, 6) is -0.421. The maximum absolute atomic E-state index is 12.9. The summed E-state index contributed by atoms with van der Waals surface area (Å²) in [6, 6.07) is 0. The number of carbonyl (C=O) groups is 2. The van der Waals surface area contributed by atoms with Crippen molar-refractivity contribution in [3.8, 4) is 0 Å². The van der Waals surface area contributed by atoms with Gasteiger partial charge in [-0.15, -0.1) is 0 Å². The van der Waals surface area contributed by atoms with Crippen molar-refractivity contribution in [2.24, 2.45) is 0 Å². The van der Waals surface area contributed by atoms with E-state index in [0.717, 1.165) is 116 Å². The van der Waals surface area contributed by atoms with E-state index in [1.165, 1.54) is 141 Å². The number of allylic oxidation sites excluding steroid dienone is 16. The lowest BCUT2D eigenvalue weighted by Gasteiger charge is -2.18. The maximum Gasteiger partial charge on any atom is 0.306 e. The number of hydrogen-bond donors (Lipinski definition) is 0. The van der Waals surface area contributed by atoms with E-state index in [2.05, 4.69) is 118 Å². The Balaban J connectivity index is 4.33. The van der Waals surface area contributed by atoms with Gasteiger partial charge in [-0.05, 0) is 96.3 Å². The molecule has 0 N–H and O–H groups in total. The predicted molar refractivity (Wildman–Crippen MR) is 316 cm³/mol. The molecule has 0 aliphatic carbocycles. The Hall–Kier alpha value is -3.18. The van der Waals surface area contributed by atoms with Gasteiger partial charge in [0.15, 0.2) is 6.10 Å². The summed E-state index contributed by atoms with van der Waals surface area (Å²) in [6.07, 6.45) is 84.4. The second kappa shape index (κ2) is 62.1. The van der Waals surface area contributed by atoms with Crippen molar-refractivity contribution in [2.45, 2.75) is 297 Å². The van der Waals surface area contributed by atoms with Gasteiger partial charge in [0.05, 0.1) is 6.61 Å². The number of esters is 2. The summed E-state index contributed by atoms with van der Waals surface area (Å²) >= 11 is 0. The molecule has 0 rings (SSSR count). The Morgan fingerprint density at radius 2 is 0.625 bits per heavy atom. The lowest BCUT2D eigenvalue weighted by Crippen LogP contribution is -2.30. The molecule has 414 valence electrons. The second-order valence-corrected chi connectivity index (χ2v) is 20.2. The third kappa shape index (κ3) is 59.4. The summed E-state index contributed by atoms with van der Waals surface area (Å²) < 4.78 is 17.5. The normalized spacial score (nSPS) is 12.9. The van der Waals surface area contributed by atoms with Gasteiger partial charge in [0.25, 0.3) is 0 Å². The average molecular weight is 1000 g/mol. The Kier molecular flexibility index (Phi) is 59.4. The van der Waals surface area contributed by atoms with Crippen LogP contribution >= 0.6 is 0 Å². The minimum absolute atomic E-state index is 0.0697. The van der Waals surface area contributed by atoms with E-state index in [4.69, 9.17) is 14.2 Å². The topological polar surface area (TPSA) is 61.8 Å². The number of hydrogen-bond acceptors (Lipinski definition) is 5. The zero-order chi connectivity index (χ0) is 52.0. The molecule has 0 aliphatic rings. The molecule has 0 radical (unpaired) electrons. The van der Waals surface area contributed by atoms with Crippen molar-refractivity contribution in [2.75, 3.05) is 19.8 Å². The predicted octanol–water partition coefficient (Wildman–Crippen LogP) is 21.4. The van der Waals surface area contributed by atoms with Gasteiger partial charge in [-0.1, -0.05) is 279 Å². The molecule has 0 aromatic rings. The molecule has 0 aliphatic heterocycles. The molecule has 0 heterocycles. The minimum atomic E-state index is -0.555. The fourth-order valence-electron chi connectivity index (χ4n) is 8.61. The molecule has 5 heteroatoms. The van der Waals surface area contributed by atoms with Crippen molar-refractivity contribution >= 4 is 11.9 Å². The highest BCUT2D eigenvalue weighted by Crippen LogP contribution is 2.16. The van der Waals surface area contributed by atoms with Crippen molar-refractivity contribution in [3.63, 3.8) is 0 Å². The van der Waals surface area contributed by atoms with Gasteiger partial charge >= 0.3 is 11.9 Å². The smallest absolute Gasteiger partial charge is 0.306 e. The first kappa shape index (κ1) is 68.8. The summed E-state index contributed by atoms with van der Waals surface area (Å²) in [5.41, 5.74) is 0. The molecule has 0 aromatic carbocycles. The number of carbonyl (C=O) groups excluding carboxylic acids is 2. The van der Waals surface area contributed by atoms with Gasteiger partial charge in [0.2, 0.25) is 0 Å². The summed E-state index contributed by atoms with van der Waals surface area (Å²) in [7, 11) is 0. The van der Waals surface area contributed by atoms with Crippen LogP contribution in [0.15, 0.2) is 97.2 Å². The largest absolute Gasteiger partial charge is 0.462 e. The maximum atomic E-state index is 12.9. The highest BCUT2D eigenvalue weighted by molar-refractivity contribution is 5.70. The van der Waals surface area contributed by atoms with Crippen LogP contribution in [0.1, 0.15) is 290 Å². The van der Waals surface area contributed by atoms with Crippen molar-refractivity contribution in [1.29, 1.82) is 0 Å². The van der Waals surface area contributed by atoms with Gasteiger partial charge < -0.3 is 14.2 Å². The van der Waals surface area contributed by atoms with E-state index in [-0.39, 0.29) is 25.2 Å². The molecule has 0 spiro atoms. The van der Waals surface area contributed by atoms with Gasteiger partial charge in [-0.25, -0.2) is 0 Å². The third-order valence-electron chi connectivity index (χ3n) is 13.1. The number of ether oxygens (including phenoxy) is 3. The van der Waals surface area contributed by atoms with Crippen LogP contribution in [0, 0.1) is 0 Å². The van der Waals surface area contributed by atoms with Crippen LogP contribution in [0.2, 0.25) is 0 Å². The number of unbranched alkanes of at least 4 members (excludes halogenated alkanes) is 29. The molecule has 72 heavy (non-hydrogen) atoms. The standard InChI is InChI=1S/C67H116O5/c1-4-7-10-13-16-19-22-25-28-31-34-36-39-42-45-48-51-54-57-60-66(68)71-64-65(63-70-62-59-56-53-50-47-44-41-38-33-30-27-24-21-18-15-12-9-6-3)72-67(69)61-58-55-52-49-46-43-40-37-35-32-29-26-23-20-17-14-11-8-5-2/h7-8,10-11,16-17,19-20,25-26,28-29,34-37,65H,4-6,9,12-15,18,21-24,27,30-33,38-64H2,1-3H3/b10-7-,11-8-,19-16-,20-17-,28-25-,29-26-,36-34-,37-35-. The number of rotatable bonds is 56. The lowest BCUT2D eigenvalue weighted by atomic mass is 10.0. The quantitative estimate of drug-likeness (QED) is 0.0345. The molecule has 0 bridgehead atoms. The fraction of sp³-hybridized carbons (Fsp3) is 0.731. The SMILES string of the molecule is CC/C=C\C/C=C\C/C=C\C/C=C\CCCCCCCCC(=O)OCC(COCCCCCCCCCCCCCCCCCCCC)OC(=O)CCCCCCCC/C=C\C/C=C\C/C=C\C/C=C\CC. The van der Waals surface area contributed by atoms with Crippen LogP contribution < -0.4 is 0 Å². The van der Waals surface area contributed by atoms with Gasteiger partial charge in [0, 0.05) is 19.4 Å². The van der Waals surface area contributed by atoms with Crippen LogP contribution in [-0.4, -0.2) is 37.9 Å². The molecular weight excluding hydrogens is 885 g/mol. The second-order valence-electron chi connectivity index (χ2n) is 20.2. The summed E-state index contributed by atoms with van der Waals surface area (Å²) in [4.78, 5) is 25.6. The van der Waals surface area contributed by atoms with Crippen LogP contribution in [-0.2, 0) is 23.8 Å². The monoisotopic (exact) mass is 1000 g/mol. The Labute approximate surface area is 447 Å². The van der Waals surface area contributed by atoms with Crippen LogP contribution in [0.4, 0.5) is 0 Å². The molecule has 0 amide bonds. The van der Waals surface area contributed by atoms with Crippen LogP contribution in [0.5, 0.6) is 0 Å². The van der Waals surface area contributed by atoms with Gasteiger partial charge in [0.1, 0.15) is 6.61 Å². The van der Waals surface area contributed by atoms with E-state index in [0.29, 0.717) is 19.4 Å². The first-order chi connectivity index (χ1) is 35.6. The first-order valence-electron chi connectivity index (χ1n) is 30.8. The Morgan fingerprint density at radius 3 is 1.00 bits per heavy atom. The molecule has 0 aromatic heterocycles. The lowest BCUT2D eigenvalue weighted by molar-refractivity contribution is -0.163. The Morgan fingerprint density at radius 1 is 0.319 bits per heavy atom. The highest BCUT2D eigenvalue weighted by atomic mass is 16.6. The van der Waals surface area contributed by atoms with E-state index >= 15 is 0 Å². The van der Waals surface area contributed by atoms with E-state index in [1.54, 1.807) is 0 Å². The van der Waals surface area contributed by atoms with Crippen molar-refractivity contribution in [1.82, 2.24) is 0 Å². The molecule has 0 saturated carbocycles. The summed E-state index contributed by atoms with van der Waals surface area (Å²) in [6.45, 7) is 7.61. The van der Waals surface area contributed by atoms with Crippen molar-refractivity contribution in [3.05, 3.63) is 97.2 Å². The zero-order valence-corrected chi connectivity index (χ0v) is 47.7. The zero-order valence-electron chi connectivity index (χ0n) is 47.7. The molecule has 0 saturated heterocycles. The van der Waals surface area contributed by atoms with Crippen molar-refractivity contribution < 1.29 is 23.8 Å². The summed E-state index contributed by atoms with van der Waals surface area (Å²) in [5, 5.41) is 0.